The molecule has 1 aliphatic heterocycles. The fourth-order valence-electron chi connectivity index (χ4n) is 2.19. The normalized spacial score (nSPS) is 20.2. The van der Waals surface area contributed by atoms with Crippen molar-refractivity contribution in [2.24, 2.45) is 0 Å². The minimum atomic E-state index is -2.66. The van der Waals surface area contributed by atoms with E-state index in [1.807, 2.05) is 30.3 Å². The van der Waals surface area contributed by atoms with Crippen molar-refractivity contribution in [3.63, 3.8) is 0 Å². The predicted octanol–water partition coefficient (Wildman–Crippen LogP) is 2.03. The molecule has 1 N–H and O–H groups in total. The maximum absolute atomic E-state index is 13.1. The second-order valence-electron chi connectivity index (χ2n) is 4.96. The first-order valence-electron chi connectivity index (χ1n) is 6.41. The Morgan fingerprint density at radius 1 is 1.42 bits per heavy atom. The first kappa shape index (κ1) is 13.9. The van der Waals surface area contributed by atoms with Crippen molar-refractivity contribution >= 4 is 5.91 Å². The molecule has 0 aromatic heterocycles. The van der Waals surface area contributed by atoms with E-state index >= 15 is 0 Å². The van der Waals surface area contributed by atoms with Gasteiger partial charge in [0.05, 0.1) is 12.6 Å². The molecule has 0 aliphatic carbocycles. The Bertz CT molecular complexity index is 436. The third kappa shape index (κ3) is 3.73. The van der Waals surface area contributed by atoms with Crippen molar-refractivity contribution in [1.29, 1.82) is 0 Å². The highest BCUT2D eigenvalue weighted by atomic mass is 19.3. The molecular formula is C14H18F2N2O. The van der Waals surface area contributed by atoms with E-state index in [0.717, 1.165) is 5.56 Å². The molecule has 0 radical (unpaired) electrons. The van der Waals surface area contributed by atoms with Crippen molar-refractivity contribution in [3.05, 3.63) is 35.9 Å². The van der Waals surface area contributed by atoms with E-state index in [-0.39, 0.29) is 25.4 Å². The van der Waals surface area contributed by atoms with Gasteiger partial charge >= 0.3 is 0 Å². The molecule has 1 aromatic rings. The van der Waals surface area contributed by atoms with Crippen LogP contribution >= 0.6 is 0 Å². The summed E-state index contributed by atoms with van der Waals surface area (Å²) in [7, 11) is 0. The van der Waals surface area contributed by atoms with Crippen LogP contribution in [0.5, 0.6) is 0 Å². The van der Waals surface area contributed by atoms with Crippen LogP contribution in [-0.2, 0) is 11.3 Å². The van der Waals surface area contributed by atoms with Gasteiger partial charge < -0.3 is 5.32 Å². The lowest BCUT2D eigenvalue weighted by atomic mass is 10.2. The highest BCUT2D eigenvalue weighted by molar-refractivity contribution is 5.81. The zero-order valence-corrected chi connectivity index (χ0v) is 10.9. The van der Waals surface area contributed by atoms with Gasteiger partial charge in [0, 0.05) is 19.5 Å². The van der Waals surface area contributed by atoms with Crippen LogP contribution < -0.4 is 5.32 Å². The van der Waals surface area contributed by atoms with Gasteiger partial charge in [-0.3, -0.25) is 9.69 Å². The van der Waals surface area contributed by atoms with Gasteiger partial charge in [-0.25, -0.2) is 8.78 Å². The van der Waals surface area contributed by atoms with Gasteiger partial charge in [-0.15, -0.1) is 0 Å². The summed E-state index contributed by atoms with van der Waals surface area (Å²) in [5.74, 6) is -2.87. The van der Waals surface area contributed by atoms with Crippen molar-refractivity contribution in [3.8, 4) is 0 Å². The minimum absolute atomic E-state index is 0.163. The summed E-state index contributed by atoms with van der Waals surface area (Å²) in [6.07, 6.45) is -0.163. The molecule has 104 valence electrons. The largest absolute Gasteiger partial charge is 0.351 e. The number of carbonyl (C=O) groups is 1. The van der Waals surface area contributed by atoms with E-state index in [2.05, 4.69) is 5.32 Å². The maximum atomic E-state index is 13.1. The molecular weight excluding hydrogens is 250 g/mol. The van der Waals surface area contributed by atoms with Crippen LogP contribution in [-0.4, -0.2) is 35.9 Å². The number of amides is 1. The number of hydrogen-bond acceptors (Lipinski definition) is 2. The molecule has 5 heteroatoms. The smallest absolute Gasteiger partial charge is 0.261 e. The van der Waals surface area contributed by atoms with Gasteiger partial charge in [-0.2, -0.15) is 0 Å². The summed E-state index contributed by atoms with van der Waals surface area (Å²) in [5, 5.41) is 2.78. The predicted molar refractivity (Wildman–Crippen MR) is 68.9 cm³/mol. The summed E-state index contributed by atoms with van der Waals surface area (Å²) in [6.45, 7) is 2.04. The number of hydrogen-bond donors (Lipinski definition) is 1. The van der Waals surface area contributed by atoms with E-state index < -0.39 is 12.0 Å². The number of benzene rings is 1. The Kier molecular flexibility index (Phi) is 4.14. The van der Waals surface area contributed by atoms with Crippen molar-refractivity contribution < 1.29 is 13.6 Å². The fraction of sp³-hybridized carbons (Fsp3) is 0.500. The molecule has 1 amide bonds. The second-order valence-corrected chi connectivity index (χ2v) is 4.96. The third-order valence-electron chi connectivity index (χ3n) is 3.44. The van der Waals surface area contributed by atoms with Gasteiger partial charge in [0.15, 0.2) is 0 Å². The summed E-state index contributed by atoms with van der Waals surface area (Å²) in [4.78, 5) is 13.4. The van der Waals surface area contributed by atoms with Crippen LogP contribution in [0.25, 0.3) is 0 Å². The Balaban J connectivity index is 1.83. The van der Waals surface area contributed by atoms with Gasteiger partial charge in [0.2, 0.25) is 5.91 Å². The van der Waals surface area contributed by atoms with Crippen molar-refractivity contribution in [2.75, 3.05) is 13.1 Å². The monoisotopic (exact) mass is 268 g/mol. The highest BCUT2D eigenvalue weighted by Crippen LogP contribution is 2.28. The number of halogens is 2. The minimum Gasteiger partial charge on any atom is -0.351 e. The van der Waals surface area contributed by atoms with Crippen LogP contribution in [0, 0.1) is 0 Å². The van der Waals surface area contributed by atoms with Crippen molar-refractivity contribution in [1.82, 2.24) is 10.2 Å². The van der Waals surface area contributed by atoms with Gasteiger partial charge in [-0.05, 0) is 12.5 Å². The van der Waals surface area contributed by atoms with E-state index in [1.165, 1.54) is 4.90 Å². The lowest BCUT2D eigenvalue weighted by molar-refractivity contribution is -0.126. The lowest BCUT2D eigenvalue weighted by Gasteiger charge is -2.23. The molecule has 0 unspecified atom stereocenters. The molecule has 1 aliphatic rings. The number of nitrogens with zero attached hydrogens (tertiary/aromatic N) is 1. The SMILES string of the molecule is C[C@@H](C(=O)NCc1ccccc1)N1CCC(F)(F)C1. The number of nitrogens with one attached hydrogen (secondary N) is 1. The van der Waals surface area contributed by atoms with Crippen LogP contribution in [0.3, 0.4) is 0 Å². The topological polar surface area (TPSA) is 32.3 Å². The van der Waals surface area contributed by atoms with Gasteiger partial charge in [-0.1, -0.05) is 30.3 Å². The number of alkyl halides is 2. The molecule has 1 atom stereocenters. The number of carbonyl (C=O) groups excluding carboxylic acids is 1. The van der Waals surface area contributed by atoms with Gasteiger partial charge in [0.1, 0.15) is 0 Å². The molecule has 2 rings (SSSR count). The molecule has 0 spiro atoms. The third-order valence-corrected chi connectivity index (χ3v) is 3.44. The summed E-state index contributed by atoms with van der Waals surface area (Å²) in [5.41, 5.74) is 0.995. The molecule has 3 nitrogen and oxygen atoms in total. The maximum Gasteiger partial charge on any atom is 0.261 e. The Morgan fingerprint density at radius 3 is 2.68 bits per heavy atom. The Morgan fingerprint density at radius 2 is 2.11 bits per heavy atom. The Hall–Kier alpha value is -1.49. The quantitative estimate of drug-likeness (QED) is 0.906. The van der Waals surface area contributed by atoms with Crippen LogP contribution in [0.15, 0.2) is 30.3 Å². The van der Waals surface area contributed by atoms with E-state index in [0.29, 0.717) is 6.54 Å². The molecule has 19 heavy (non-hydrogen) atoms. The summed E-state index contributed by atoms with van der Waals surface area (Å²) >= 11 is 0. The van der Waals surface area contributed by atoms with Crippen molar-refractivity contribution in [2.45, 2.75) is 31.9 Å². The van der Waals surface area contributed by atoms with Gasteiger partial charge in [0.25, 0.3) is 5.92 Å². The molecule has 1 aromatic carbocycles. The molecule has 1 saturated heterocycles. The molecule has 0 bridgehead atoms. The zero-order valence-electron chi connectivity index (χ0n) is 10.9. The first-order chi connectivity index (χ1) is 8.98. The van der Waals surface area contributed by atoms with Crippen LogP contribution in [0.2, 0.25) is 0 Å². The van der Waals surface area contributed by atoms with Crippen LogP contribution in [0.1, 0.15) is 18.9 Å². The number of likely N-dealkylation sites (tertiary alicyclic amines) is 1. The summed E-state index contributed by atoms with van der Waals surface area (Å²) < 4.78 is 26.2. The Labute approximate surface area is 111 Å². The summed E-state index contributed by atoms with van der Waals surface area (Å²) in [6, 6.07) is 9.00. The second kappa shape index (κ2) is 5.65. The van der Waals surface area contributed by atoms with E-state index in [4.69, 9.17) is 0 Å². The van der Waals surface area contributed by atoms with E-state index in [9.17, 15) is 13.6 Å². The lowest BCUT2D eigenvalue weighted by Crippen LogP contribution is -2.44. The molecule has 1 heterocycles. The number of rotatable bonds is 4. The average molecular weight is 268 g/mol. The fourth-order valence-corrected chi connectivity index (χ4v) is 2.19. The van der Waals surface area contributed by atoms with Crippen LogP contribution in [0.4, 0.5) is 8.78 Å². The first-order valence-corrected chi connectivity index (χ1v) is 6.41. The van der Waals surface area contributed by atoms with E-state index in [1.54, 1.807) is 6.92 Å². The highest BCUT2D eigenvalue weighted by Gasteiger charge is 2.41. The average Bonchev–Trinajstić information content (AvgIpc) is 2.76. The molecule has 1 fully saturated rings. The standard InChI is InChI=1S/C14H18F2N2O/c1-11(18-8-7-14(15,16)10-18)13(19)17-9-12-5-3-2-4-6-12/h2-6,11H,7-10H2,1H3,(H,17,19)/t11-/m0/s1. The molecule has 0 saturated carbocycles. The zero-order chi connectivity index (χ0) is 13.9.